The van der Waals surface area contributed by atoms with Gasteiger partial charge in [-0.3, -0.25) is 0 Å². The van der Waals surface area contributed by atoms with E-state index in [2.05, 4.69) is 20.8 Å². The fourth-order valence-electron chi connectivity index (χ4n) is 1.39. The van der Waals surface area contributed by atoms with Crippen molar-refractivity contribution < 1.29 is 9.59 Å². The van der Waals surface area contributed by atoms with Crippen molar-refractivity contribution in [2.45, 2.75) is 72.1 Å². The third kappa shape index (κ3) is 15.8. The molecule has 0 spiro atoms. The van der Waals surface area contributed by atoms with E-state index in [1.807, 2.05) is 0 Å². The number of hydrogen-bond donors (Lipinski definition) is 0. The topological polar surface area (TPSA) is 34.1 Å². The molecule has 0 aromatic rings. The number of aldehydes is 2. The van der Waals surface area contributed by atoms with Crippen molar-refractivity contribution in [3.8, 4) is 0 Å². The lowest BCUT2D eigenvalue weighted by molar-refractivity contribution is -0.111. The molecule has 96 valence electrons. The Kier molecular flexibility index (Phi) is 18.6. The largest absolute Gasteiger partial charge is 0.303 e. The molecule has 0 aromatic carbocycles. The standard InChI is InChI=1S/2C7H14O/c1-3-5-7(4-2)6-8;1-2-3-4-5-6-7-8/h6-7H,3-5H2,1-2H3;7H,2-6H2,1H3. The minimum absolute atomic E-state index is 0.319. The van der Waals surface area contributed by atoms with Gasteiger partial charge in [0.1, 0.15) is 12.6 Å². The Hall–Kier alpha value is -0.660. The summed E-state index contributed by atoms with van der Waals surface area (Å²) in [5, 5.41) is 0. The molecule has 0 saturated carbocycles. The second kappa shape index (κ2) is 16.8. The Morgan fingerprint density at radius 3 is 1.94 bits per heavy atom. The van der Waals surface area contributed by atoms with E-state index in [0.717, 1.165) is 44.7 Å². The normalized spacial score (nSPS) is 11.2. The Balaban J connectivity index is 0. The minimum Gasteiger partial charge on any atom is -0.303 e. The van der Waals surface area contributed by atoms with E-state index in [4.69, 9.17) is 0 Å². The van der Waals surface area contributed by atoms with Gasteiger partial charge in [-0.2, -0.15) is 0 Å². The molecule has 2 heteroatoms. The van der Waals surface area contributed by atoms with Crippen LogP contribution >= 0.6 is 0 Å². The summed E-state index contributed by atoms with van der Waals surface area (Å²) >= 11 is 0. The highest BCUT2D eigenvalue weighted by Crippen LogP contribution is 2.05. The highest BCUT2D eigenvalue weighted by molar-refractivity contribution is 5.53. The summed E-state index contributed by atoms with van der Waals surface area (Å²) in [5.41, 5.74) is 0. The van der Waals surface area contributed by atoms with Crippen LogP contribution in [-0.2, 0) is 9.59 Å². The first-order valence-corrected chi connectivity index (χ1v) is 6.65. The molecule has 0 radical (unpaired) electrons. The van der Waals surface area contributed by atoms with Crippen molar-refractivity contribution in [3.63, 3.8) is 0 Å². The molecule has 0 aromatic heterocycles. The Morgan fingerprint density at radius 1 is 0.938 bits per heavy atom. The summed E-state index contributed by atoms with van der Waals surface area (Å²) in [6.45, 7) is 6.32. The first-order chi connectivity index (χ1) is 7.76. The molecule has 0 rings (SSSR count). The lowest BCUT2D eigenvalue weighted by Gasteiger charge is -2.01. The van der Waals surface area contributed by atoms with Gasteiger partial charge < -0.3 is 9.59 Å². The number of unbranched alkanes of at least 4 members (excludes halogenated alkanes) is 4. The zero-order valence-electron chi connectivity index (χ0n) is 11.2. The molecule has 0 fully saturated rings. The Labute approximate surface area is 101 Å². The zero-order chi connectivity index (χ0) is 12.6. The van der Waals surface area contributed by atoms with Crippen LogP contribution in [0.5, 0.6) is 0 Å². The zero-order valence-corrected chi connectivity index (χ0v) is 11.2. The molecule has 0 aliphatic carbocycles. The maximum Gasteiger partial charge on any atom is 0.123 e. The summed E-state index contributed by atoms with van der Waals surface area (Å²) in [7, 11) is 0. The van der Waals surface area contributed by atoms with Gasteiger partial charge >= 0.3 is 0 Å². The molecular weight excluding hydrogens is 200 g/mol. The highest BCUT2D eigenvalue weighted by Gasteiger charge is 1.99. The van der Waals surface area contributed by atoms with Crippen molar-refractivity contribution in [1.82, 2.24) is 0 Å². The fraction of sp³-hybridized carbons (Fsp3) is 0.857. The summed E-state index contributed by atoms with van der Waals surface area (Å²) in [4.78, 5) is 19.9. The predicted octanol–water partition coefficient (Wildman–Crippen LogP) is 4.17. The van der Waals surface area contributed by atoms with E-state index in [-0.39, 0.29) is 0 Å². The summed E-state index contributed by atoms with van der Waals surface area (Å²) in [6, 6.07) is 0. The van der Waals surface area contributed by atoms with Crippen molar-refractivity contribution in [2.24, 2.45) is 5.92 Å². The molecule has 0 aliphatic heterocycles. The first kappa shape index (κ1) is 17.7. The monoisotopic (exact) mass is 228 g/mol. The number of carbonyl (C=O) groups excluding carboxylic acids is 2. The van der Waals surface area contributed by atoms with Gasteiger partial charge in [-0.05, 0) is 19.3 Å². The van der Waals surface area contributed by atoms with Crippen LogP contribution in [0.1, 0.15) is 72.1 Å². The summed E-state index contributed by atoms with van der Waals surface area (Å²) < 4.78 is 0. The van der Waals surface area contributed by atoms with E-state index in [9.17, 15) is 9.59 Å². The quantitative estimate of drug-likeness (QED) is 0.438. The molecule has 0 amide bonds. The van der Waals surface area contributed by atoms with Crippen LogP contribution in [0, 0.1) is 5.92 Å². The lowest BCUT2D eigenvalue weighted by atomic mass is 10.0. The molecule has 0 bridgehead atoms. The molecule has 0 aliphatic rings. The second-order valence-corrected chi connectivity index (χ2v) is 4.11. The minimum atomic E-state index is 0.319. The van der Waals surface area contributed by atoms with Crippen LogP contribution in [0.25, 0.3) is 0 Å². The number of rotatable bonds is 9. The van der Waals surface area contributed by atoms with Crippen LogP contribution < -0.4 is 0 Å². The Morgan fingerprint density at radius 2 is 1.62 bits per heavy atom. The van der Waals surface area contributed by atoms with Crippen molar-refractivity contribution in [2.75, 3.05) is 0 Å². The van der Waals surface area contributed by atoms with Gasteiger partial charge in [0.05, 0.1) is 0 Å². The van der Waals surface area contributed by atoms with Crippen LogP contribution in [0.2, 0.25) is 0 Å². The molecule has 16 heavy (non-hydrogen) atoms. The van der Waals surface area contributed by atoms with Gasteiger partial charge in [0, 0.05) is 12.3 Å². The average Bonchev–Trinajstić information content (AvgIpc) is 2.32. The van der Waals surface area contributed by atoms with Gasteiger partial charge in [-0.15, -0.1) is 0 Å². The number of hydrogen-bond acceptors (Lipinski definition) is 2. The van der Waals surface area contributed by atoms with Crippen LogP contribution in [-0.4, -0.2) is 12.6 Å². The van der Waals surface area contributed by atoms with Gasteiger partial charge in [0.25, 0.3) is 0 Å². The third-order valence-corrected chi connectivity index (χ3v) is 2.55. The fourth-order valence-corrected chi connectivity index (χ4v) is 1.39. The highest BCUT2D eigenvalue weighted by atomic mass is 16.1. The lowest BCUT2D eigenvalue weighted by Crippen LogP contribution is -1.97. The van der Waals surface area contributed by atoms with E-state index >= 15 is 0 Å². The second-order valence-electron chi connectivity index (χ2n) is 4.11. The Bertz CT molecular complexity index is 144. The number of carbonyl (C=O) groups is 2. The molecule has 0 heterocycles. The van der Waals surface area contributed by atoms with Gasteiger partial charge in [-0.25, -0.2) is 0 Å². The van der Waals surface area contributed by atoms with Crippen molar-refractivity contribution in [3.05, 3.63) is 0 Å². The van der Waals surface area contributed by atoms with Crippen LogP contribution in [0.15, 0.2) is 0 Å². The molecule has 1 atom stereocenters. The maximum absolute atomic E-state index is 10.1. The molecule has 2 nitrogen and oxygen atoms in total. The van der Waals surface area contributed by atoms with Crippen LogP contribution in [0.3, 0.4) is 0 Å². The van der Waals surface area contributed by atoms with E-state index in [1.54, 1.807) is 0 Å². The smallest absolute Gasteiger partial charge is 0.123 e. The molecule has 1 unspecified atom stereocenters. The van der Waals surface area contributed by atoms with Gasteiger partial charge in [0.2, 0.25) is 0 Å². The molecule has 0 saturated heterocycles. The van der Waals surface area contributed by atoms with Gasteiger partial charge in [0.15, 0.2) is 0 Å². The van der Waals surface area contributed by atoms with Gasteiger partial charge in [-0.1, -0.05) is 46.5 Å². The predicted molar refractivity (Wildman–Crippen MR) is 69.6 cm³/mol. The average molecular weight is 228 g/mol. The van der Waals surface area contributed by atoms with Crippen LogP contribution in [0.4, 0.5) is 0 Å². The molecular formula is C14H28O2. The SMILES string of the molecule is CCCC(C=O)CC.CCCCCCC=O. The summed E-state index contributed by atoms with van der Waals surface area (Å²) in [6.07, 6.45) is 10.8. The van der Waals surface area contributed by atoms with E-state index in [1.165, 1.54) is 19.3 Å². The molecule has 0 N–H and O–H groups in total. The maximum atomic E-state index is 10.1. The van der Waals surface area contributed by atoms with Crippen molar-refractivity contribution >= 4 is 12.6 Å². The first-order valence-electron chi connectivity index (χ1n) is 6.65. The van der Waals surface area contributed by atoms with E-state index < -0.39 is 0 Å². The third-order valence-electron chi connectivity index (χ3n) is 2.55. The van der Waals surface area contributed by atoms with E-state index in [0.29, 0.717) is 5.92 Å². The summed E-state index contributed by atoms with van der Waals surface area (Å²) in [5.74, 6) is 0.319. The van der Waals surface area contributed by atoms with Crippen molar-refractivity contribution in [1.29, 1.82) is 0 Å².